The summed E-state index contributed by atoms with van der Waals surface area (Å²) in [7, 11) is 0. The van der Waals surface area contributed by atoms with E-state index < -0.39 is 5.82 Å². The molecule has 2 aliphatic rings. The smallest absolute Gasteiger partial charge is 0.254 e. The number of likely N-dealkylation sites (tertiary alicyclic amines) is 1. The average Bonchev–Trinajstić information content (AvgIpc) is 3.48. The van der Waals surface area contributed by atoms with Crippen LogP contribution < -0.4 is 5.32 Å². The molecule has 1 aliphatic heterocycles. The molecule has 2 fully saturated rings. The highest BCUT2D eigenvalue weighted by atomic mass is 19.1. The summed E-state index contributed by atoms with van der Waals surface area (Å²) in [5.74, 6) is -0.767. The normalized spacial score (nSPS) is 18.9. The van der Waals surface area contributed by atoms with E-state index in [2.05, 4.69) is 10.2 Å². The molecule has 2 aromatic rings. The second-order valence-corrected chi connectivity index (χ2v) is 7.08. The lowest BCUT2D eigenvalue weighted by Gasteiger charge is -2.32. The number of rotatable bonds is 4. The van der Waals surface area contributed by atoms with Crippen LogP contribution in [-0.2, 0) is 0 Å². The predicted molar refractivity (Wildman–Crippen MR) is 96.9 cm³/mol. The molecule has 0 bridgehead atoms. The minimum atomic E-state index is -0.464. The average molecular weight is 338 g/mol. The molecule has 1 saturated heterocycles. The van der Waals surface area contributed by atoms with E-state index in [1.807, 2.05) is 36.4 Å². The van der Waals surface area contributed by atoms with Crippen LogP contribution in [0.2, 0.25) is 0 Å². The van der Waals surface area contributed by atoms with Crippen molar-refractivity contribution in [3.8, 4) is 11.1 Å². The zero-order valence-corrected chi connectivity index (χ0v) is 14.2. The van der Waals surface area contributed by atoms with Gasteiger partial charge in [-0.15, -0.1) is 0 Å². The van der Waals surface area contributed by atoms with E-state index >= 15 is 0 Å². The van der Waals surface area contributed by atoms with E-state index in [0.717, 1.165) is 43.1 Å². The van der Waals surface area contributed by atoms with Crippen molar-refractivity contribution in [3.63, 3.8) is 0 Å². The van der Waals surface area contributed by atoms with Crippen molar-refractivity contribution in [2.45, 2.75) is 37.8 Å². The number of nitrogens with zero attached hydrogens (tertiary/aromatic N) is 1. The Morgan fingerprint density at radius 2 is 1.68 bits per heavy atom. The Labute approximate surface area is 147 Å². The fraction of sp³-hybridized carbons (Fsp3) is 0.381. The summed E-state index contributed by atoms with van der Waals surface area (Å²) in [6, 6.07) is 15.4. The summed E-state index contributed by atoms with van der Waals surface area (Å²) >= 11 is 0. The monoisotopic (exact) mass is 338 g/mol. The van der Waals surface area contributed by atoms with Gasteiger partial charge in [0.05, 0.1) is 5.56 Å². The predicted octanol–water partition coefficient (Wildman–Crippen LogP) is 3.85. The quantitative estimate of drug-likeness (QED) is 0.918. The van der Waals surface area contributed by atoms with Gasteiger partial charge in [-0.25, -0.2) is 4.39 Å². The molecule has 1 saturated carbocycles. The Kier molecular flexibility index (Phi) is 4.53. The summed E-state index contributed by atoms with van der Waals surface area (Å²) in [6.07, 6.45) is 4.53. The summed E-state index contributed by atoms with van der Waals surface area (Å²) in [5.41, 5.74) is 1.86. The number of hydrogen-bond donors (Lipinski definition) is 1. The molecule has 1 heterocycles. The first-order chi connectivity index (χ1) is 12.2. The zero-order chi connectivity index (χ0) is 17.2. The molecule has 130 valence electrons. The summed E-state index contributed by atoms with van der Waals surface area (Å²) in [6.45, 7) is 2.07. The fourth-order valence-corrected chi connectivity index (χ4v) is 3.62. The molecule has 4 rings (SSSR count). The molecular formula is C21H23FN2O. The molecule has 2 aromatic carbocycles. The molecule has 25 heavy (non-hydrogen) atoms. The van der Waals surface area contributed by atoms with Gasteiger partial charge in [0.25, 0.3) is 5.91 Å². The third-order valence-electron chi connectivity index (χ3n) is 5.25. The highest BCUT2D eigenvalue weighted by molar-refractivity contribution is 5.95. The minimum Gasteiger partial charge on any atom is -0.349 e. The number of halogens is 1. The molecule has 3 nitrogen and oxygen atoms in total. The van der Waals surface area contributed by atoms with Gasteiger partial charge in [-0.2, -0.15) is 0 Å². The number of piperidine rings is 1. The molecule has 0 unspecified atom stereocenters. The third kappa shape index (κ3) is 3.74. The maximum Gasteiger partial charge on any atom is 0.254 e. The van der Waals surface area contributed by atoms with Gasteiger partial charge in [0.1, 0.15) is 5.82 Å². The molecule has 1 amide bonds. The highest BCUT2D eigenvalue weighted by Crippen LogP contribution is 2.29. The maximum atomic E-state index is 14.4. The van der Waals surface area contributed by atoms with Crippen molar-refractivity contribution < 1.29 is 9.18 Å². The van der Waals surface area contributed by atoms with Gasteiger partial charge in [0.15, 0.2) is 0 Å². The summed E-state index contributed by atoms with van der Waals surface area (Å²) in [4.78, 5) is 15.0. The minimum absolute atomic E-state index is 0.129. The van der Waals surface area contributed by atoms with Crippen LogP contribution in [-0.4, -0.2) is 36.0 Å². The number of hydrogen-bond acceptors (Lipinski definition) is 2. The highest BCUT2D eigenvalue weighted by Gasteiger charge is 2.32. The Bertz CT molecular complexity index is 750. The molecule has 1 aliphatic carbocycles. The van der Waals surface area contributed by atoms with Crippen molar-refractivity contribution >= 4 is 5.91 Å². The van der Waals surface area contributed by atoms with E-state index in [-0.39, 0.29) is 17.5 Å². The van der Waals surface area contributed by atoms with E-state index in [1.54, 1.807) is 6.07 Å². The largest absolute Gasteiger partial charge is 0.349 e. The van der Waals surface area contributed by atoms with Crippen LogP contribution in [0.25, 0.3) is 11.1 Å². The second-order valence-electron chi connectivity index (χ2n) is 7.08. The molecule has 0 atom stereocenters. The lowest BCUT2D eigenvalue weighted by molar-refractivity contribution is 0.0905. The zero-order valence-electron chi connectivity index (χ0n) is 14.2. The van der Waals surface area contributed by atoms with Gasteiger partial charge in [0, 0.05) is 25.2 Å². The Hall–Kier alpha value is -2.20. The van der Waals surface area contributed by atoms with E-state index in [0.29, 0.717) is 0 Å². The number of nitrogens with one attached hydrogen (secondary N) is 1. The van der Waals surface area contributed by atoms with Crippen molar-refractivity contribution in [1.82, 2.24) is 10.2 Å². The molecule has 0 spiro atoms. The molecular weight excluding hydrogens is 315 g/mol. The lowest BCUT2D eigenvalue weighted by Crippen LogP contribution is -2.45. The van der Waals surface area contributed by atoms with Gasteiger partial charge in [-0.3, -0.25) is 4.79 Å². The van der Waals surface area contributed by atoms with Crippen LogP contribution in [0.1, 0.15) is 36.0 Å². The Morgan fingerprint density at radius 1 is 0.960 bits per heavy atom. The number of amides is 1. The van der Waals surface area contributed by atoms with Crippen LogP contribution in [0, 0.1) is 5.82 Å². The van der Waals surface area contributed by atoms with Gasteiger partial charge < -0.3 is 10.2 Å². The first kappa shape index (κ1) is 16.3. The van der Waals surface area contributed by atoms with Gasteiger partial charge >= 0.3 is 0 Å². The van der Waals surface area contributed by atoms with E-state index in [4.69, 9.17) is 0 Å². The van der Waals surface area contributed by atoms with Crippen LogP contribution in [0.5, 0.6) is 0 Å². The maximum absolute atomic E-state index is 14.4. The molecule has 0 radical (unpaired) electrons. The first-order valence-electron chi connectivity index (χ1n) is 9.10. The third-order valence-corrected chi connectivity index (χ3v) is 5.25. The van der Waals surface area contributed by atoms with Crippen LogP contribution in [0.3, 0.4) is 0 Å². The standard InChI is InChI=1S/C21H23FN2O/c22-20-14-16(15-4-2-1-3-5-15)6-9-19(20)21(25)23-17-10-12-24(13-11-17)18-7-8-18/h1-6,9,14,17-18H,7-8,10-13H2,(H,23,25). The van der Waals surface area contributed by atoms with Crippen molar-refractivity contribution in [2.75, 3.05) is 13.1 Å². The second kappa shape index (κ2) is 6.96. The lowest BCUT2D eigenvalue weighted by atomic mass is 10.0. The van der Waals surface area contributed by atoms with Crippen LogP contribution >= 0.6 is 0 Å². The molecule has 4 heteroatoms. The topological polar surface area (TPSA) is 32.3 Å². The number of carbonyl (C=O) groups excluding carboxylic acids is 1. The van der Waals surface area contributed by atoms with Crippen LogP contribution in [0.4, 0.5) is 4.39 Å². The summed E-state index contributed by atoms with van der Waals surface area (Å²) < 4.78 is 14.4. The van der Waals surface area contributed by atoms with Gasteiger partial charge in [-0.05, 0) is 48.9 Å². The van der Waals surface area contributed by atoms with E-state index in [9.17, 15) is 9.18 Å². The fourth-order valence-electron chi connectivity index (χ4n) is 3.62. The number of benzene rings is 2. The van der Waals surface area contributed by atoms with Gasteiger partial charge in [0.2, 0.25) is 0 Å². The summed E-state index contributed by atoms with van der Waals surface area (Å²) in [5, 5.41) is 3.01. The van der Waals surface area contributed by atoms with Gasteiger partial charge in [-0.1, -0.05) is 36.4 Å². The Balaban J connectivity index is 1.40. The molecule has 0 aromatic heterocycles. The van der Waals surface area contributed by atoms with E-state index in [1.165, 1.54) is 18.9 Å². The van der Waals surface area contributed by atoms with Crippen molar-refractivity contribution in [3.05, 3.63) is 59.9 Å². The SMILES string of the molecule is O=C(NC1CCN(C2CC2)CC1)c1ccc(-c2ccccc2)cc1F. The van der Waals surface area contributed by atoms with Crippen LogP contribution in [0.15, 0.2) is 48.5 Å². The number of carbonyl (C=O) groups is 1. The molecule has 1 N–H and O–H groups in total. The first-order valence-corrected chi connectivity index (χ1v) is 9.10. The van der Waals surface area contributed by atoms with Crippen molar-refractivity contribution in [2.24, 2.45) is 0 Å². The van der Waals surface area contributed by atoms with Crippen molar-refractivity contribution in [1.29, 1.82) is 0 Å². The Morgan fingerprint density at radius 3 is 2.32 bits per heavy atom.